The molecule has 3 rings (SSSR count). The lowest BCUT2D eigenvalue weighted by molar-refractivity contribution is -0.384. The van der Waals surface area contributed by atoms with Crippen LogP contribution in [0, 0.1) is 15.9 Å². The second-order valence-corrected chi connectivity index (χ2v) is 7.65. The first kappa shape index (κ1) is 20.7. The number of carbonyl (C=O) groups excluding carboxylic acids is 1. The first-order valence-corrected chi connectivity index (χ1v) is 9.93. The van der Waals surface area contributed by atoms with Crippen LogP contribution in [0.3, 0.4) is 0 Å². The van der Waals surface area contributed by atoms with Crippen molar-refractivity contribution in [2.24, 2.45) is 0 Å². The number of halogens is 1. The molecule has 154 valence electrons. The molecular formula is C19H15FN4O5S. The molecule has 0 fully saturated rings. The molecule has 0 aromatic heterocycles. The zero-order valence-corrected chi connectivity index (χ0v) is 16.0. The van der Waals surface area contributed by atoms with Crippen molar-refractivity contribution >= 4 is 38.8 Å². The molecule has 0 radical (unpaired) electrons. The van der Waals surface area contributed by atoms with Crippen molar-refractivity contribution in [3.8, 4) is 0 Å². The monoisotopic (exact) mass is 430 g/mol. The molecule has 9 nitrogen and oxygen atoms in total. The first-order valence-electron chi connectivity index (χ1n) is 8.44. The highest BCUT2D eigenvalue weighted by molar-refractivity contribution is 7.92. The Bertz CT molecular complexity index is 1180. The maximum atomic E-state index is 13.7. The van der Waals surface area contributed by atoms with Gasteiger partial charge in [-0.15, -0.1) is 0 Å². The number of nitro benzene ring substituents is 1. The van der Waals surface area contributed by atoms with Crippen LogP contribution >= 0.6 is 0 Å². The minimum atomic E-state index is -4.10. The molecule has 3 aromatic rings. The lowest BCUT2D eigenvalue weighted by Gasteiger charge is -2.10. The molecule has 3 N–H and O–H groups in total. The molecule has 0 unspecified atom stereocenters. The molecule has 3 aromatic carbocycles. The number of nitrogens with one attached hydrogen (secondary N) is 3. The number of amides is 2. The molecule has 0 atom stereocenters. The van der Waals surface area contributed by atoms with Crippen LogP contribution in [-0.2, 0) is 10.0 Å². The lowest BCUT2D eigenvalue weighted by atomic mass is 10.3. The number of anilines is 3. The number of benzene rings is 3. The van der Waals surface area contributed by atoms with E-state index in [2.05, 4.69) is 15.4 Å². The number of rotatable bonds is 6. The number of carbonyl (C=O) groups is 1. The third-order valence-corrected chi connectivity index (χ3v) is 5.27. The van der Waals surface area contributed by atoms with Crippen LogP contribution in [0.5, 0.6) is 0 Å². The van der Waals surface area contributed by atoms with Gasteiger partial charge in [-0.25, -0.2) is 17.6 Å². The van der Waals surface area contributed by atoms with Gasteiger partial charge in [-0.1, -0.05) is 12.1 Å². The summed E-state index contributed by atoms with van der Waals surface area (Å²) in [6.07, 6.45) is 0. The van der Waals surface area contributed by atoms with Gasteiger partial charge < -0.3 is 10.6 Å². The summed E-state index contributed by atoms with van der Waals surface area (Å²) in [5.41, 5.74) is 0.796. The van der Waals surface area contributed by atoms with Gasteiger partial charge in [0.1, 0.15) is 10.7 Å². The quantitative estimate of drug-likeness (QED) is 0.399. The summed E-state index contributed by atoms with van der Waals surface area (Å²) in [6, 6.07) is 15.4. The zero-order chi connectivity index (χ0) is 21.7. The first-order chi connectivity index (χ1) is 14.2. The van der Waals surface area contributed by atoms with Crippen molar-refractivity contribution in [2.45, 2.75) is 4.90 Å². The Morgan fingerprint density at radius 1 is 0.833 bits per heavy atom. The molecule has 0 heterocycles. The summed E-state index contributed by atoms with van der Waals surface area (Å²) >= 11 is 0. The largest absolute Gasteiger partial charge is 0.323 e. The van der Waals surface area contributed by atoms with E-state index < -0.39 is 31.7 Å². The van der Waals surface area contributed by atoms with E-state index in [-0.39, 0.29) is 11.4 Å². The highest BCUT2D eigenvalue weighted by atomic mass is 32.2. The van der Waals surface area contributed by atoms with Crippen molar-refractivity contribution in [2.75, 3.05) is 15.4 Å². The van der Waals surface area contributed by atoms with Crippen molar-refractivity contribution in [3.05, 3.63) is 88.7 Å². The normalized spacial score (nSPS) is 10.8. The summed E-state index contributed by atoms with van der Waals surface area (Å²) in [7, 11) is -4.10. The summed E-state index contributed by atoms with van der Waals surface area (Å²) in [5.74, 6) is -0.869. The highest BCUT2D eigenvalue weighted by Crippen LogP contribution is 2.21. The fraction of sp³-hybridized carbons (Fsp3) is 0. The van der Waals surface area contributed by atoms with E-state index in [0.717, 1.165) is 12.1 Å². The van der Waals surface area contributed by atoms with Crippen LogP contribution in [0.1, 0.15) is 0 Å². The maximum Gasteiger partial charge on any atom is 0.323 e. The van der Waals surface area contributed by atoms with Gasteiger partial charge in [-0.2, -0.15) is 0 Å². The van der Waals surface area contributed by atoms with E-state index in [9.17, 15) is 27.7 Å². The molecule has 2 amide bonds. The molecule has 0 bridgehead atoms. The molecule has 0 aliphatic carbocycles. The Kier molecular flexibility index (Phi) is 5.93. The average Bonchev–Trinajstić information content (AvgIpc) is 2.70. The van der Waals surface area contributed by atoms with Crippen molar-refractivity contribution in [1.29, 1.82) is 0 Å². The van der Waals surface area contributed by atoms with Crippen LogP contribution in [0.25, 0.3) is 0 Å². The lowest BCUT2D eigenvalue weighted by Crippen LogP contribution is -2.19. The van der Waals surface area contributed by atoms with E-state index in [1.165, 1.54) is 60.7 Å². The second-order valence-electron chi connectivity index (χ2n) is 6.00. The molecule has 30 heavy (non-hydrogen) atoms. The van der Waals surface area contributed by atoms with Gasteiger partial charge in [0.2, 0.25) is 0 Å². The Balaban J connectivity index is 1.62. The minimum absolute atomic E-state index is 0.102. The number of non-ortho nitro benzene ring substituents is 1. The Hall–Kier alpha value is -3.99. The van der Waals surface area contributed by atoms with Crippen LogP contribution < -0.4 is 15.4 Å². The fourth-order valence-electron chi connectivity index (χ4n) is 2.45. The minimum Gasteiger partial charge on any atom is -0.308 e. The number of sulfonamides is 1. The van der Waals surface area contributed by atoms with Gasteiger partial charge in [0.05, 0.1) is 4.92 Å². The molecule has 0 aliphatic rings. The van der Waals surface area contributed by atoms with Crippen molar-refractivity contribution < 1.29 is 22.5 Å². The summed E-state index contributed by atoms with van der Waals surface area (Å²) in [6.45, 7) is 0. The molecule has 0 aliphatic heterocycles. The van der Waals surface area contributed by atoms with Gasteiger partial charge in [0, 0.05) is 29.2 Å². The Morgan fingerprint density at radius 3 is 1.87 bits per heavy atom. The SMILES string of the molecule is O=C(Nc1ccc(NS(=O)(=O)c2ccccc2F)cc1)Nc1ccc([N+](=O)[O-])cc1. The number of hydrogen-bond donors (Lipinski definition) is 3. The predicted molar refractivity (Wildman–Crippen MR) is 109 cm³/mol. The van der Waals surface area contributed by atoms with Gasteiger partial charge >= 0.3 is 6.03 Å². The molecule has 0 saturated carbocycles. The standard InChI is InChI=1S/C19H15FN4O5S/c20-17-3-1-2-4-18(17)30(28,29)23-15-7-5-13(6-8-15)21-19(25)22-14-9-11-16(12-10-14)24(26)27/h1-12,23H,(H2,21,22,25). The average molecular weight is 430 g/mol. The van der Waals surface area contributed by atoms with Crippen molar-refractivity contribution in [1.82, 2.24) is 0 Å². The van der Waals surface area contributed by atoms with Gasteiger partial charge in [-0.05, 0) is 48.5 Å². The number of urea groups is 1. The topological polar surface area (TPSA) is 130 Å². The third kappa shape index (κ3) is 5.08. The van der Waals surface area contributed by atoms with Crippen LogP contribution in [-0.4, -0.2) is 19.4 Å². The van der Waals surface area contributed by atoms with Gasteiger partial charge in [-0.3, -0.25) is 14.8 Å². The van der Waals surface area contributed by atoms with Crippen molar-refractivity contribution in [3.63, 3.8) is 0 Å². The Morgan fingerprint density at radius 2 is 1.33 bits per heavy atom. The summed E-state index contributed by atoms with van der Waals surface area (Å²) in [5, 5.41) is 15.7. The van der Waals surface area contributed by atoms with E-state index >= 15 is 0 Å². The van der Waals surface area contributed by atoms with E-state index in [4.69, 9.17) is 0 Å². The molecule has 0 spiro atoms. The van der Waals surface area contributed by atoms with E-state index in [0.29, 0.717) is 11.4 Å². The van der Waals surface area contributed by atoms with Crippen LogP contribution in [0.15, 0.2) is 77.7 Å². The summed E-state index contributed by atoms with van der Waals surface area (Å²) < 4.78 is 40.6. The van der Waals surface area contributed by atoms with Crippen LogP contribution in [0.4, 0.5) is 31.9 Å². The van der Waals surface area contributed by atoms with Gasteiger partial charge in [0.15, 0.2) is 0 Å². The number of nitro groups is 1. The molecular weight excluding hydrogens is 415 g/mol. The van der Waals surface area contributed by atoms with E-state index in [1.807, 2.05) is 0 Å². The predicted octanol–water partition coefficient (Wildman–Crippen LogP) is 4.18. The maximum absolute atomic E-state index is 13.7. The highest BCUT2D eigenvalue weighted by Gasteiger charge is 2.18. The molecule has 11 heteroatoms. The van der Waals surface area contributed by atoms with Gasteiger partial charge in [0.25, 0.3) is 15.7 Å². The summed E-state index contributed by atoms with van der Waals surface area (Å²) in [4.78, 5) is 21.6. The number of hydrogen-bond acceptors (Lipinski definition) is 5. The smallest absolute Gasteiger partial charge is 0.308 e. The fourth-order valence-corrected chi connectivity index (χ4v) is 3.59. The molecule has 0 saturated heterocycles. The third-order valence-electron chi connectivity index (χ3n) is 3.86. The van der Waals surface area contributed by atoms with E-state index in [1.54, 1.807) is 0 Å². The number of nitrogens with zero attached hydrogens (tertiary/aromatic N) is 1. The Labute approximate surface area is 170 Å². The zero-order valence-electron chi connectivity index (χ0n) is 15.2. The van der Waals surface area contributed by atoms with Crippen LogP contribution in [0.2, 0.25) is 0 Å². The second kappa shape index (κ2) is 8.57.